The average molecular weight is 343 g/mol. The summed E-state index contributed by atoms with van der Waals surface area (Å²) in [6, 6.07) is 8.23. The smallest absolute Gasteiger partial charge is 0.305 e. The number of nitrogens with zero attached hydrogens (tertiary/aromatic N) is 2. The molecular weight excluding hydrogens is 318 g/mol. The number of nitrogens with one attached hydrogen (secondary N) is 1. The van der Waals surface area contributed by atoms with Gasteiger partial charge in [-0.05, 0) is 23.5 Å². The van der Waals surface area contributed by atoms with Crippen molar-refractivity contribution < 1.29 is 14.7 Å². The van der Waals surface area contributed by atoms with Gasteiger partial charge in [0.15, 0.2) is 0 Å². The number of hydrogen-bond acceptors (Lipinski definition) is 3. The van der Waals surface area contributed by atoms with E-state index in [0.717, 1.165) is 12.0 Å². The summed E-state index contributed by atoms with van der Waals surface area (Å²) in [5.74, 6) is -0.626. The van der Waals surface area contributed by atoms with E-state index in [1.165, 1.54) is 16.4 Å². The number of carbonyl (C=O) groups is 2. The lowest BCUT2D eigenvalue weighted by Gasteiger charge is -2.18. The summed E-state index contributed by atoms with van der Waals surface area (Å²) in [6.45, 7) is 6.57. The Kier molecular flexibility index (Phi) is 6.33. The standard InChI is InChI=1S/C19H25N3O3/c1-4-17(15-7-5-14(6-8-15)13(2)3)21-19(25)16-11-20-22(12-16)10-9-18(23)24/h5-8,11-13,17H,4,9-10H2,1-3H3,(H,21,25)(H,23,24). The van der Waals surface area contributed by atoms with E-state index in [0.29, 0.717) is 11.5 Å². The summed E-state index contributed by atoms with van der Waals surface area (Å²) in [7, 11) is 0. The molecule has 0 bridgehead atoms. The second-order valence-electron chi connectivity index (χ2n) is 6.39. The van der Waals surface area contributed by atoms with Crippen LogP contribution in [0.25, 0.3) is 0 Å². The number of amides is 1. The van der Waals surface area contributed by atoms with Crippen molar-refractivity contribution in [1.29, 1.82) is 0 Å². The Hall–Kier alpha value is -2.63. The first-order chi connectivity index (χ1) is 11.9. The monoisotopic (exact) mass is 343 g/mol. The molecule has 2 N–H and O–H groups in total. The number of carboxylic acids is 1. The molecule has 1 amide bonds. The Bertz CT molecular complexity index is 720. The van der Waals surface area contributed by atoms with E-state index in [1.807, 2.05) is 6.92 Å². The Labute approximate surface area is 147 Å². The van der Waals surface area contributed by atoms with Crippen molar-refractivity contribution in [2.75, 3.05) is 0 Å². The van der Waals surface area contributed by atoms with Gasteiger partial charge in [-0.25, -0.2) is 0 Å². The molecule has 1 unspecified atom stereocenters. The molecule has 6 nitrogen and oxygen atoms in total. The highest BCUT2D eigenvalue weighted by molar-refractivity contribution is 5.93. The van der Waals surface area contributed by atoms with Crippen molar-refractivity contribution in [3.8, 4) is 0 Å². The summed E-state index contributed by atoms with van der Waals surface area (Å²) in [6.07, 6.45) is 3.79. The molecule has 134 valence electrons. The fraction of sp³-hybridized carbons (Fsp3) is 0.421. The fourth-order valence-electron chi connectivity index (χ4n) is 2.59. The van der Waals surface area contributed by atoms with Crippen LogP contribution in [0.4, 0.5) is 0 Å². The lowest BCUT2D eigenvalue weighted by Crippen LogP contribution is -2.27. The van der Waals surface area contributed by atoms with Crippen LogP contribution in [-0.2, 0) is 11.3 Å². The SMILES string of the molecule is CCC(NC(=O)c1cnn(CCC(=O)O)c1)c1ccc(C(C)C)cc1. The van der Waals surface area contributed by atoms with Crippen LogP contribution in [0.3, 0.4) is 0 Å². The Morgan fingerprint density at radius 3 is 2.40 bits per heavy atom. The Balaban J connectivity index is 2.03. The number of carboxylic acid groups (broad SMARTS) is 1. The molecule has 6 heteroatoms. The third-order valence-electron chi connectivity index (χ3n) is 4.17. The first kappa shape index (κ1) is 18.7. The van der Waals surface area contributed by atoms with E-state index in [1.54, 1.807) is 6.20 Å². The van der Waals surface area contributed by atoms with Gasteiger partial charge in [0.1, 0.15) is 0 Å². The third kappa shape index (κ3) is 5.17. The Morgan fingerprint density at radius 1 is 1.20 bits per heavy atom. The van der Waals surface area contributed by atoms with Crippen LogP contribution < -0.4 is 5.32 Å². The normalized spacial score (nSPS) is 12.2. The minimum atomic E-state index is -0.891. The minimum Gasteiger partial charge on any atom is -0.481 e. The predicted molar refractivity (Wildman–Crippen MR) is 95.5 cm³/mol. The van der Waals surface area contributed by atoms with Crippen molar-refractivity contribution in [3.05, 3.63) is 53.3 Å². The molecule has 0 radical (unpaired) electrons. The van der Waals surface area contributed by atoms with Gasteiger partial charge in [-0.1, -0.05) is 45.0 Å². The molecule has 0 saturated heterocycles. The van der Waals surface area contributed by atoms with Gasteiger partial charge >= 0.3 is 5.97 Å². The molecule has 2 aromatic rings. The highest BCUT2D eigenvalue weighted by Gasteiger charge is 2.16. The largest absolute Gasteiger partial charge is 0.481 e. The van der Waals surface area contributed by atoms with Crippen molar-refractivity contribution in [1.82, 2.24) is 15.1 Å². The van der Waals surface area contributed by atoms with E-state index >= 15 is 0 Å². The highest BCUT2D eigenvalue weighted by atomic mass is 16.4. The second-order valence-corrected chi connectivity index (χ2v) is 6.39. The van der Waals surface area contributed by atoms with E-state index in [2.05, 4.69) is 48.5 Å². The molecule has 1 heterocycles. The van der Waals surface area contributed by atoms with E-state index in [9.17, 15) is 9.59 Å². The zero-order valence-electron chi connectivity index (χ0n) is 14.9. The zero-order chi connectivity index (χ0) is 18.4. The lowest BCUT2D eigenvalue weighted by atomic mass is 9.98. The van der Waals surface area contributed by atoms with Gasteiger partial charge in [0.2, 0.25) is 0 Å². The number of aliphatic carboxylic acids is 1. The summed E-state index contributed by atoms with van der Waals surface area (Å²) >= 11 is 0. The van der Waals surface area contributed by atoms with Gasteiger partial charge in [0.25, 0.3) is 5.91 Å². The molecule has 1 aromatic carbocycles. The maximum Gasteiger partial charge on any atom is 0.305 e. The highest BCUT2D eigenvalue weighted by Crippen LogP contribution is 2.21. The van der Waals surface area contributed by atoms with Gasteiger partial charge in [-0.3, -0.25) is 14.3 Å². The van der Waals surface area contributed by atoms with Crippen molar-refractivity contribution in [3.63, 3.8) is 0 Å². The number of rotatable bonds is 8. The number of carbonyl (C=O) groups excluding carboxylic acids is 1. The van der Waals surface area contributed by atoms with E-state index in [-0.39, 0.29) is 24.9 Å². The van der Waals surface area contributed by atoms with Gasteiger partial charge in [0.05, 0.1) is 30.8 Å². The molecule has 0 aliphatic heterocycles. The lowest BCUT2D eigenvalue weighted by molar-refractivity contribution is -0.137. The first-order valence-electron chi connectivity index (χ1n) is 8.55. The molecule has 0 spiro atoms. The van der Waals surface area contributed by atoms with Crippen LogP contribution in [0.2, 0.25) is 0 Å². The van der Waals surface area contributed by atoms with Gasteiger partial charge in [-0.2, -0.15) is 5.10 Å². The second kappa shape index (κ2) is 8.46. The molecular formula is C19H25N3O3. The molecule has 0 saturated carbocycles. The van der Waals surface area contributed by atoms with Crippen LogP contribution in [0, 0.1) is 0 Å². The van der Waals surface area contributed by atoms with Crippen LogP contribution in [0.15, 0.2) is 36.7 Å². The number of hydrogen-bond donors (Lipinski definition) is 2. The third-order valence-corrected chi connectivity index (χ3v) is 4.17. The summed E-state index contributed by atoms with van der Waals surface area (Å²) in [4.78, 5) is 23.0. The molecule has 0 aliphatic carbocycles. The average Bonchev–Trinajstić information content (AvgIpc) is 3.07. The molecule has 0 aliphatic rings. The van der Waals surface area contributed by atoms with Crippen LogP contribution in [0.1, 0.15) is 67.1 Å². The van der Waals surface area contributed by atoms with E-state index in [4.69, 9.17) is 5.11 Å². The van der Waals surface area contributed by atoms with Gasteiger partial charge in [0, 0.05) is 6.20 Å². The maximum atomic E-state index is 12.4. The van der Waals surface area contributed by atoms with E-state index < -0.39 is 5.97 Å². The summed E-state index contributed by atoms with van der Waals surface area (Å²) in [5.41, 5.74) is 2.77. The molecule has 0 fully saturated rings. The van der Waals surface area contributed by atoms with Crippen molar-refractivity contribution in [2.45, 2.75) is 52.1 Å². The van der Waals surface area contributed by atoms with Crippen LogP contribution >= 0.6 is 0 Å². The van der Waals surface area contributed by atoms with Crippen molar-refractivity contribution >= 4 is 11.9 Å². The predicted octanol–water partition coefficient (Wildman–Crippen LogP) is 3.36. The van der Waals surface area contributed by atoms with Crippen LogP contribution in [0.5, 0.6) is 0 Å². The summed E-state index contributed by atoms with van der Waals surface area (Å²) in [5, 5.41) is 15.8. The van der Waals surface area contributed by atoms with Crippen molar-refractivity contribution in [2.24, 2.45) is 0 Å². The molecule has 1 aromatic heterocycles. The number of aryl methyl sites for hydroxylation is 1. The quantitative estimate of drug-likeness (QED) is 0.770. The van der Waals surface area contributed by atoms with Gasteiger partial charge in [-0.15, -0.1) is 0 Å². The molecule has 1 atom stereocenters. The molecule has 25 heavy (non-hydrogen) atoms. The van der Waals surface area contributed by atoms with Crippen LogP contribution in [-0.4, -0.2) is 26.8 Å². The minimum absolute atomic E-state index is 0.0253. The molecule has 2 rings (SSSR count). The number of aromatic nitrogens is 2. The Morgan fingerprint density at radius 2 is 1.84 bits per heavy atom. The summed E-state index contributed by atoms with van der Waals surface area (Å²) < 4.78 is 1.47. The van der Waals surface area contributed by atoms with Gasteiger partial charge < -0.3 is 10.4 Å². The zero-order valence-corrected chi connectivity index (χ0v) is 14.9. The number of benzene rings is 1. The topological polar surface area (TPSA) is 84.2 Å². The fourth-order valence-corrected chi connectivity index (χ4v) is 2.59. The first-order valence-corrected chi connectivity index (χ1v) is 8.55. The maximum absolute atomic E-state index is 12.4.